The Kier molecular flexibility index (Phi) is 5.02. The first-order valence-corrected chi connectivity index (χ1v) is 5.74. The third kappa shape index (κ3) is 2.85. The monoisotopic (exact) mass is 281 g/mol. The van der Waals surface area contributed by atoms with Crippen molar-refractivity contribution in [1.82, 2.24) is 10.5 Å². The second-order valence-electron chi connectivity index (χ2n) is 4.18. The second kappa shape index (κ2) is 6.51. The SMILES string of the molecule is COC(=O)/C(C#N)=C1\N=NNN1C(C(=O)OC)C(C)C. The van der Waals surface area contributed by atoms with Crippen molar-refractivity contribution in [2.45, 2.75) is 19.9 Å². The minimum absolute atomic E-state index is 0.0801. The number of methoxy groups -OCH3 is 2. The molecule has 1 rings (SSSR count). The zero-order valence-electron chi connectivity index (χ0n) is 11.6. The third-order valence-corrected chi connectivity index (χ3v) is 2.60. The minimum Gasteiger partial charge on any atom is -0.467 e. The maximum Gasteiger partial charge on any atom is 0.352 e. The maximum absolute atomic E-state index is 11.8. The summed E-state index contributed by atoms with van der Waals surface area (Å²) < 4.78 is 9.21. The van der Waals surface area contributed by atoms with Gasteiger partial charge in [0, 0.05) is 0 Å². The summed E-state index contributed by atoms with van der Waals surface area (Å²) in [5.74, 6) is -1.66. The van der Waals surface area contributed by atoms with Crippen LogP contribution in [0.1, 0.15) is 13.8 Å². The van der Waals surface area contributed by atoms with Crippen LogP contribution in [0.3, 0.4) is 0 Å². The molecule has 0 amide bonds. The number of hydrazine groups is 1. The van der Waals surface area contributed by atoms with Gasteiger partial charge in [-0.15, -0.1) is 5.11 Å². The van der Waals surface area contributed by atoms with Crippen molar-refractivity contribution >= 4 is 11.9 Å². The predicted octanol–water partition coefficient (Wildman–Crippen LogP) is 0.280. The molecular weight excluding hydrogens is 266 g/mol. The molecule has 0 saturated heterocycles. The van der Waals surface area contributed by atoms with Gasteiger partial charge in [0.15, 0.2) is 17.4 Å². The molecule has 20 heavy (non-hydrogen) atoms. The van der Waals surface area contributed by atoms with Crippen molar-refractivity contribution in [3.63, 3.8) is 0 Å². The van der Waals surface area contributed by atoms with Crippen LogP contribution >= 0.6 is 0 Å². The van der Waals surface area contributed by atoms with Crippen LogP contribution in [0.2, 0.25) is 0 Å². The lowest BCUT2D eigenvalue weighted by atomic mass is 10.0. The molecule has 108 valence electrons. The molecule has 9 nitrogen and oxygen atoms in total. The Balaban J connectivity index is 3.24. The smallest absolute Gasteiger partial charge is 0.352 e. The normalized spacial score (nSPS) is 17.3. The summed E-state index contributed by atoms with van der Waals surface area (Å²) in [5.41, 5.74) is 2.12. The molecule has 0 bridgehead atoms. The fourth-order valence-corrected chi connectivity index (χ4v) is 1.66. The van der Waals surface area contributed by atoms with E-state index in [-0.39, 0.29) is 17.3 Å². The van der Waals surface area contributed by atoms with Crippen molar-refractivity contribution in [2.24, 2.45) is 16.3 Å². The molecule has 1 heterocycles. The number of esters is 2. The summed E-state index contributed by atoms with van der Waals surface area (Å²) in [4.78, 5) is 23.4. The Hall–Kier alpha value is -2.63. The van der Waals surface area contributed by atoms with Crippen LogP contribution in [0, 0.1) is 17.2 Å². The Morgan fingerprint density at radius 1 is 1.35 bits per heavy atom. The van der Waals surface area contributed by atoms with E-state index in [1.54, 1.807) is 19.9 Å². The van der Waals surface area contributed by atoms with Gasteiger partial charge in [-0.05, 0) is 5.92 Å². The van der Waals surface area contributed by atoms with E-state index in [4.69, 9.17) is 10.00 Å². The maximum atomic E-state index is 11.8. The van der Waals surface area contributed by atoms with E-state index in [0.717, 1.165) is 7.11 Å². The molecule has 1 N–H and O–H groups in total. The summed E-state index contributed by atoms with van der Waals surface area (Å²) >= 11 is 0. The van der Waals surface area contributed by atoms with E-state index in [0.29, 0.717) is 0 Å². The van der Waals surface area contributed by atoms with Crippen molar-refractivity contribution in [3.8, 4) is 6.07 Å². The average molecular weight is 281 g/mol. The van der Waals surface area contributed by atoms with Crippen LogP contribution in [0.5, 0.6) is 0 Å². The fourth-order valence-electron chi connectivity index (χ4n) is 1.66. The quantitative estimate of drug-likeness (QED) is 0.447. The molecule has 0 radical (unpaired) electrons. The number of rotatable bonds is 4. The zero-order chi connectivity index (χ0) is 15.3. The lowest BCUT2D eigenvalue weighted by molar-refractivity contribution is -0.149. The van der Waals surface area contributed by atoms with E-state index < -0.39 is 18.0 Å². The lowest BCUT2D eigenvalue weighted by Crippen LogP contribution is -2.48. The van der Waals surface area contributed by atoms with E-state index in [1.165, 1.54) is 12.1 Å². The number of hydrogen-bond acceptors (Lipinski definition) is 9. The molecule has 0 aromatic heterocycles. The number of ether oxygens (including phenoxy) is 2. The number of nitrogens with one attached hydrogen (secondary N) is 1. The lowest BCUT2D eigenvalue weighted by Gasteiger charge is -2.28. The summed E-state index contributed by atoms with van der Waals surface area (Å²) in [5, 5.41) is 17.4. The molecule has 1 aliphatic heterocycles. The molecule has 0 spiro atoms. The van der Waals surface area contributed by atoms with Gasteiger partial charge in [-0.3, -0.25) is 0 Å². The van der Waals surface area contributed by atoms with E-state index in [9.17, 15) is 9.59 Å². The van der Waals surface area contributed by atoms with Crippen LogP contribution < -0.4 is 5.53 Å². The van der Waals surface area contributed by atoms with Crippen molar-refractivity contribution in [2.75, 3.05) is 14.2 Å². The molecule has 0 saturated carbocycles. The van der Waals surface area contributed by atoms with Gasteiger partial charge in [-0.25, -0.2) is 14.6 Å². The Morgan fingerprint density at radius 3 is 2.45 bits per heavy atom. The predicted molar refractivity (Wildman–Crippen MR) is 65.1 cm³/mol. The highest BCUT2D eigenvalue weighted by Gasteiger charge is 2.37. The fraction of sp³-hybridized carbons (Fsp3) is 0.545. The van der Waals surface area contributed by atoms with Gasteiger partial charge in [-0.2, -0.15) is 10.8 Å². The zero-order valence-corrected chi connectivity index (χ0v) is 11.6. The molecule has 1 atom stereocenters. The van der Waals surface area contributed by atoms with Crippen molar-refractivity contribution < 1.29 is 19.1 Å². The van der Waals surface area contributed by atoms with Crippen LogP contribution in [-0.4, -0.2) is 37.2 Å². The van der Waals surface area contributed by atoms with Crippen LogP contribution in [-0.2, 0) is 19.1 Å². The number of carbonyl (C=O) groups is 2. The number of hydrogen-bond donors (Lipinski definition) is 1. The molecule has 0 aromatic carbocycles. The van der Waals surface area contributed by atoms with Crippen LogP contribution in [0.25, 0.3) is 0 Å². The van der Waals surface area contributed by atoms with Gasteiger partial charge >= 0.3 is 11.9 Å². The molecule has 0 aromatic rings. The van der Waals surface area contributed by atoms with Gasteiger partial charge in [-0.1, -0.05) is 19.1 Å². The highest BCUT2D eigenvalue weighted by atomic mass is 16.5. The Morgan fingerprint density at radius 2 is 2.00 bits per heavy atom. The van der Waals surface area contributed by atoms with Gasteiger partial charge < -0.3 is 9.47 Å². The number of carbonyl (C=O) groups excluding carboxylic acids is 2. The van der Waals surface area contributed by atoms with Crippen molar-refractivity contribution in [3.05, 3.63) is 11.4 Å². The van der Waals surface area contributed by atoms with Crippen LogP contribution in [0.15, 0.2) is 21.7 Å². The largest absolute Gasteiger partial charge is 0.467 e. The molecule has 0 fully saturated rings. The molecule has 0 aliphatic carbocycles. The molecular formula is C11H15N5O4. The van der Waals surface area contributed by atoms with Gasteiger partial charge in [0.25, 0.3) is 0 Å². The molecule has 1 unspecified atom stereocenters. The first-order chi connectivity index (χ1) is 9.47. The molecule has 9 heteroatoms. The first kappa shape index (κ1) is 15.4. The van der Waals surface area contributed by atoms with E-state index in [2.05, 4.69) is 20.6 Å². The Labute approximate surface area is 115 Å². The summed E-state index contributed by atoms with van der Waals surface area (Å²) in [6, 6.07) is 0.899. The van der Waals surface area contributed by atoms with Crippen LogP contribution in [0.4, 0.5) is 0 Å². The number of nitrogens with zero attached hydrogens (tertiary/aromatic N) is 4. The summed E-state index contributed by atoms with van der Waals surface area (Å²) in [7, 11) is 2.39. The third-order valence-electron chi connectivity index (χ3n) is 2.60. The number of nitriles is 1. The topological polar surface area (TPSA) is 116 Å². The van der Waals surface area contributed by atoms with Gasteiger partial charge in [0.05, 0.1) is 14.2 Å². The summed E-state index contributed by atoms with van der Waals surface area (Å²) in [6.45, 7) is 3.56. The van der Waals surface area contributed by atoms with Crippen molar-refractivity contribution in [1.29, 1.82) is 5.26 Å². The van der Waals surface area contributed by atoms with E-state index in [1.807, 2.05) is 0 Å². The molecule has 1 aliphatic rings. The summed E-state index contributed by atoms with van der Waals surface area (Å²) in [6.07, 6.45) is 0. The second-order valence-corrected chi connectivity index (χ2v) is 4.18. The highest BCUT2D eigenvalue weighted by molar-refractivity contribution is 5.93. The standard InChI is InChI=1S/C11H15N5O4/c1-6(2)8(11(18)20-4)16-9(13-14-15-16)7(5-12)10(17)19-3/h6,8H,1-4H3,(H,13,15)/b9-7+. The average Bonchev–Trinajstić information content (AvgIpc) is 2.87. The highest BCUT2D eigenvalue weighted by Crippen LogP contribution is 2.23. The van der Waals surface area contributed by atoms with Gasteiger partial charge in [0.2, 0.25) is 0 Å². The first-order valence-electron chi connectivity index (χ1n) is 5.74. The van der Waals surface area contributed by atoms with E-state index >= 15 is 0 Å². The minimum atomic E-state index is -0.859. The Bertz CT molecular complexity index is 505. The van der Waals surface area contributed by atoms with Gasteiger partial charge in [0.1, 0.15) is 6.07 Å².